The lowest BCUT2D eigenvalue weighted by Crippen LogP contribution is -2.21. The summed E-state index contributed by atoms with van der Waals surface area (Å²) >= 11 is 7.77. The number of halogens is 1. The minimum atomic E-state index is -0.932. The van der Waals surface area contributed by atoms with Crippen LogP contribution in [-0.2, 0) is 24.4 Å². The van der Waals surface area contributed by atoms with E-state index in [0.29, 0.717) is 35.8 Å². The van der Waals surface area contributed by atoms with Gasteiger partial charge in [0.25, 0.3) is 0 Å². The predicted octanol–water partition coefficient (Wildman–Crippen LogP) is 7.62. The van der Waals surface area contributed by atoms with Crippen molar-refractivity contribution in [3.63, 3.8) is 0 Å². The third-order valence-corrected chi connectivity index (χ3v) is 8.64. The molecule has 2 heterocycles. The Morgan fingerprint density at radius 3 is 2.43 bits per heavy atom. The van der Waals surface area contributed by atoms with E-state index in [2.05, 4.69) is 4.90 Å². The first kappa shape index (κ1) is 31.1. The summed E-state index contributed by atoms with van der Waals surface area (Å²) < 4.78 is 23.4. The number of hydrogen-bond donors (Lipinski definition) is 0. The number of pyridine rings is 1. The second-order valence-corrected chi connectivity index (χ2v) is 11.6. The van der Waals surface area contributed by atoms with E-state index in [9.17, 15) is 9.59 Å². The van der Waals surface area contributed by atoms with Crippen LogP contribution in [-0.4, -0.2) is 43.5 Å². The van der Waals surface area contributed by atoms with E-state index in [1.165, 1.54) is 11.3 Å². The van der Waals surface area contributed by atoms with Crippen LogP contribution in [0.25, 0.3) is 20.7 Å². The first-order valence-electron chi connectivity index (χ1n) is 14.0. The first-order valence-corrected chi connectivity index (χ1v) is 15.2. The van der Waals surface area contributed by atoms with Crippen LogP contribution >= 0.6 is 22.9 Å². The van der Waals surface area contributed by atoms with Gasteiger partial charge in [-0.05, 0) is 73.1 Å². The quantitative estimate of drug-likeness (QED) is 0.139. The molecule has 5 aromatic rings. The molecule has 0 atom stereocenters. The van der Waals surface area contributed by atoms with Gasteiger partial charge in [-0.1, -0.05) is 41.9 Å². The topological polar surface area (TPSA) is 79.2 Å². The third-order valence-electron chi connectivity index (χ3n) is 7.08. The standard InChI is InChI=1S/C34H33ClN2O6S/c1-5-42-34(39)43-29-21-37(19-24-10-6-7-12-28(24)41-4)33-30(31(29)38)27(20-36(2)18-22-9-8-11-25(35)17-22)32(44-33)23-13-15-26(40-3)16-14-23/h6-17,21H,5,18-20H2,1-4H3. The number of fused-ring (bicyclic) bond motifs is 1. The van der Waals surface area contributed by atoms with Crippen LogP contribution < -0.4 is 19.6 Å². The van der Waals surface area contributed by atoms with Crippen molar-refractivity contribution in [1.29, 1.82) is 0 Å². The third kappa shape index (κ3) is 6.91. The van der Waals surface area contributed by atoms with Gasteiger partial charge in [0.15, 0.2) is 5.75 Å². The number of para-hydroxylation sites is 1. The van der Waals surface area contributed by atoms with Crippen molar-refractivity contribution < 1.29 is 23.7 Å². The maximum absolute atomic E-state index is 14.1. The maximum atomic E-state index is 14.1. The van der Waals surface area contributed by atoms with Gasteiger partial charge < -0.3 is 23.5 Å². The van der Waals surface area contributed by atoms with Crippen molar-refractivity contribution in [2.24, 2.45) is 0 Å². The summed E-state index contributed by atoms with van der Waals surface area (Å²) in [6.45, 7) is 3.23. The average molecular weight is 633 g/mol. The number of methoxy groups -OCH3 is 2. The smallest absolute Gasteiger partial charge is 0.497 e. The van der Waals surface area contributed by atoms with E-state index in [1.54, 1.807) is 27.3 Å². The van der Waals surface area contributed by atoms with Crippen LogP contribution in [0.4, 0.5) is 4.79 Å². The molecule has 0 saturated heterocycles. The highest BCUT2D eigenvalue weighted by atomic mass is 35.5. The molecule has 0 radical (unpaired) electrons. The number of thiophene rings is 1. The van der Waals surface area contributed by atoms with Crippen LogP contribution in [0.3, 0.4) is 0 Å². The van der Waals surface area contributed by atoms with E-state index >= 15 is 0 Å². The molecule has 0 aliphatic heterocycles. The van der Waals surface area contributed by atoms with Crippen LogP contribution in [0.15, 0.2) is 83.8 Å². The van der Waals surface area contributed by atoms with Crippen LogP contribution in [0.1, 0.15) is 23.6 Å². The fraction of sp³-hybridized carbons (Fsp3) is 0.235. The van der Waals surface area contributed by atoms with Gasteiger partial charge in [0.2, 0.25) is 5.43 Å². The molecule has 0 unspecified atom stereocenters. The van der Waals surface area contributed by atoms with Crippen molar-refractivity contribution >= 4 is 39.3 Å². The monoisotopic (exact) mass is 632 g/mol. The molecule has 0 aliphatic carbocycles. The Hall–Kier alpha value is -4.31. The van der Waals surface area contributed by atoms with Crippen molar-refractivity contribution in [3.05, 3.63) is 111 Å². The summed E-state index contributed by atoms with van der Waals surface area (Å²) in [6, 6.07) is 23.2. The summed E-state index contributed by atoms with van der Waals surface area (Å²) in [7, 11) is 5.24. The second kappa shape index (κ2) is 14.0. The molecule has 2 aromatic heterocycles. The minimum Gasteiger partial charge on any atom is -0.497 e. The Labute approximate surface area is 264 Å². The number of benzene rings is 3. The largest absolute Gasteiger partial charge is 0.514 e. The lowest BCUT2D eigenvalue weighted by Gasteiger charge is -2.18. The van der Waals surface area contributed by atoms with Gasteiger partial charge in [-0.25, -0.2) is 4.79 Å². The zero-order valence-electron chi connectivity index (χ0n) is 25.0. The molecule has 8 nitrogen and oxygen atoms in total. The normalized spacial score (nSPS) is 11.1. The number of nitrogens with zero attached hydrogens (tertiary/aromatic N) is 2. The van der Waals surface area contributed by atoms with Crippen molar-refractivity contribution in [2.45, 2.75) is 26.6 Å². The highest BCUT2D eigenvalue weighted by molar-refractivity contribution is 7.22. The molecule has 44 heavy (non-hydrogen) atoms. The Morgan fingerprint density at radius 1 is 0.955 bits per heavy atom. The van der Waals surface area contributed by atoms with Crippen LogP contribution in [0, 0.1) is 0 Å². The molecule has 0 amide bonds. The lowest BCUT2D eigenvalue weighted by atomic mass is 10.0. The number of rotatable bonds is 11. The zero-order chi connectivity index (χ0) is 31.2. The molecule has 0 spiro atoms. The van der Waals surface area contributed by atoms with E-state index in [1.807, 2.05) is 84.4 Å². The molecule has 5 rings (SSSR count). The molecular formula is C34H33ClN2O6S. The summed E-state index contributed by atoms with van der Waals surface area (Å²) in [4.78, 5) is 30.3. The Balaban J connectivity index is 1.70. The molecule has 0 fully saturated rings. The molecule has 10 heteroatoms. The summed E-state index contributed by atoms with van der Waals surface area (Å²) in [5.41, 5.74) is 3.33. The molecule has 0 saturated carbocycles. The molecule has 0 bridgehead atoms. The SMILES string of the molecule is CCOC(=O)Oc1cn(Cc2ccccc2OC)c2sc(-c3ccc(OC)cc3)c(CN(C)Cc3cccc(Cl)c3)c2c1=O. The molecular weight excluding hydrogens is 600 g/mol. The summed E-state index contributed by atoms with van der Waals surface area (Å²) in [5.74, 6) is 1.33. The van der Waals surface area contributed by atoms with Crippen molar-refractivity contribution in [2.75, 3.05) is 27.9 Å². The average Bonchev–Trinajstić information content (AvgIpc) is 3.39. The number of aromatic nitrogens is 1. The van der Waals surface area contributed by atoms with Gasteiger partial charge in [0.1, 0.15) is 16.3 Å². The summed E-state index contributed by atoms with van der Waals surface area (Å²) in [6.07, 6.45) is 0.639. The fourth-order valence-electron chi connectivity index (χ4n) is 5.11. The zero-order valence-corrected chi connectivity index (χ0v) is 26.5. The van der Waals surface area contributed by atoms with E-state index in [4.69, 9.17) is 30.5 Å². The highest BCUT2D eigenvalue weighted by Gasteiger charge is 2.24. The van der Waals surface area contributed by atoms with Gasteiger partial charge in [-0.3, -0.25) is 9.69 Å². The van der Waals surface area contributed by atoms with Gasteiger partial charge in [0.05, 0.1) is 39.0 Å². The molecule has 0 N–H and O–H groups in total. The predicted molar refractivity (Wildman–Crippen MR) is 174 cm³/mol. The molecule has 3 aromatic carbocycles. The summed E-state index contributed by atoms with van der Waals surface area (Å²) in [5, 5.41) is 1.14. The highest BCUT2D eigenvalue weighted by Crippen LogP contribution is 2.40. The van der Waals surface area contributed by atoms with Gasteiger partial charge in [0, 0.05) is 28.6 Å². The minimum absolute atomic E-state index is 0.108. The van der Waals surface area contributed by atoms with Crippen molar-refractivity contribution in [3.8, 4) is 27.7 Å². The number of carbonyl (C=O) groups excluding carboxylic acids is 1. The second-order valence-electron chi connectivity index (χ2n) is 10.2. The van der Waals surface area contributed by atoms with Gasteiger partial charge in [-0.2, -0.15) is 0 Å². The Bertz CT molecular complexity index is 1830. The Kier molecular flexibility index (Phi) is 9.89. The molecule has 228 valence electrons. The molecule has 0 aliphatic rings. The lowest BCUT2D eigenvalue weighted by molar-refractivity contribution is 0.104. The van der Waals surface area contributed by atoms with Crippen molar-refractivity contribution in [1.82, 2.24) is 9.47 Å². The van der Waals surface area contributed by atoms with Gasteiger partial charge >= 0.3 is 6.16 Å². The first-order chi connectivity index (χ1) is 21.3. The Morgan fingerprint density at radius 2 is 1.73 bits per heavy atom. The van der Waals surface area contributed by atoms with Crippen LogP contribution in [0.2, 0.25) is 5.02 Å². The maximum Gasteiger partial charge on any atom is 0.514 e. The number of ether oxygens (including phenoxy) is 4. The van der Waals surface area contributed by atoms with Gasteiger partial charge in [-0.15, -0.1) is 11.3 Å². The van der Waals surface area contributed by atoms with Crippen LogP contribution in [0.5, 0.6) is 17.2 Å². The van der Waals surface area contributed by atoms with E-state index in [-0.39, 0.29) is 17.8 Å². The van der Waals surface area contributed by atoms with E-state index < -0.39 is 6.16 Å². The number of hydrogen-bond acceptors (Lipinski definition) is 8. The fourth-order valence-corrected chi connectivity index (χ4v) is 6.62. The number of carbonyl (C=O) groups is 1. The van der Waals surface area contributed by atoms with E-state index in [0.717, 1.165) is 37.7 Å².